The second-order valence-electron chi connectivity index (χ2n) is 15.0. The van der Waals surface area contributed by atoms with E-state index in [4.69, 9.17) is 28.4 Å². The molecular weight excluding hydrogens is 862 g/mol. The monoisotopic (exact) mass is 907 g/mol. The average molecular weight is 908 g/mol. The number of sulfonamides is 1. The summed E-state index contributed by atoms with van der Waals surface area (Å²) in [6.45, 7) is -1.11. The predicted molar refractivity (Wildman–Crippen MR) is 216 cm³/mol. The Morgan fingerprint density at radius 3 is 2.02 bits per heavy atom. The van der Waals surface area contributed by atoms with Gasteiger partial charge >= 0.3 is 6.36 Å². The quantitative estimate of drug-likeness (QED) is 0.107. The number of hydrogen-bond donors (Lipinski definition) is 0. The van der Waals surface area contributed by atoms with E-state index in [-0.39, 0.29) is 68.6 Å². The Morgan fingerprint density at radius 2 is 1.49 bits per heavy atom. The first kappa shape index (κ1) is 45.5. The summed E-state index contributed by atoms with van der Waals surface area (Å²) in [5, 5.41) is -0.487. The Labute approximate surface area is 360 Å². The normalized spacial score (nSPS) is 17.9. The maximum Gasteiger partial charge on any atom is 0.574 e. The van der Waals surface area contributed by atoms with Gasteiger partial charge in [0.05, 0.1) is 59.5 Å². The number of amides is 1. The van der Waals surface area contributed by atoms with Gasteiger partial charge in [-0.25, -0.2) is 22.2 Å². The fourth-order valence-corrected chi connectivity index (χ4v) is 8.73. The molecule has 1 aliphatic carbocycles. The molecule has 7 rings (SSSR count). The Morgan fingerprint density at radius 1 is 0.873 bits per heavy atom. The van der Waals surface area contributed by atoms with Gasteiger partial charge in [-0.2, -0.15) is 9.29 Å². The number of piperidine rings is 1. The lowest BCUT2D eigenvalue weighted by atomic mass is 10.0. The third kappa shape index (κ3) is 10.5. The molecule has 1 unspecified atom stereocenters. The summed E-state index contributed by atoms with van der Waals surface area (Å²) in [6, 6.07) is 13.6. The van der Waals surface area contributed by atoms with Crippen molar-refractivity contribution in [2.75, 3.05) is 71.1 Å². The first-order valence-electron chi connectivity index (χ1n) is 19.9. The molecule has 15 nitrogen and oxygen atoms in total. The third-order valence-corrected chi connectivity index (χ3v) is 12.5. The minimum Gasteiger partial charge on any atom is -0.497 e. The summed E-state index contributed by atoms with van der Waals surface area (Å²) >= 11 is 0. The number of benzene rings is 2. The zero-order valence-electron chi connectivity index (χ0n) is 34.8. The van der Waals surface area contributed by atoms with Gasteiger partial charge in [0.15, 0.2) is 11.3 Å². The minimum atomic E-state index is -5.14. The number of halogens is 5. The molecule has 3 aliphatic rings. The first-order chi connectivity index (χ1) is 30.0. The van der Waals surface area contributed by atoms with E-state index >= 15 is 4.79 Å². The molecule has 2 aliphatic heterocycles. The van der Waals surface area contributed by atoms with Crippen LogP contribution in [0.25, 0.3) is 0 Å². The second kappa shape index (κ2) is 18.7. The third-order valence-electron chi connectivity index (χ3n) is 10.8. The highest BCUT2D eigenvalue weighted by Gasteiger charge is 2.42. The molecule has 4 heterocycles. The van der Waals surface area contributed by atoms with Gasteiger partial charge in [0.1, 0.15) is 28.8 Å². The number of carbonyl (C=O) groups excluding carboxylic acids is 1. The van der Waals surface area contributed by atoms with Gasteiger partial charge in [-0.1, -0.05) is 12.1 Å². The summed E-state index contributed by atoms with van der Waals surface area (Å²) in [5.41, 5.74) is 0.684. The molecule has 0 N–H and O–H groups in total. The van der Waals surface area contributed by atoms with Crippen molar-refractivity contribution in [2.45, 2.75) is 68.2 Å². The van der Waals surface area contributed by atoms with Crippen LogP contribution >= 0.6 is 0 Å². The molecule has 1 atom stereocenters. The van der Waals surface area contributed by atoms with Gasteiger partial charge in [-0.3, -0.25) is 9.69 Å². The molecule has 3 fully saturated rings. The Bertz CT molecular complexity index is 2330. The van der Waals surface area contributed by atoms with Crippen LogP contribution in [0.3, 0.4) is 0 Å². The van der Waals surface area contributed by atoms with Crippen molar-refractivity contribution in [2.24, 2.45) is 0 Å². The van der Waals surface area contributed by atoms with Crippen molar-refractivity contribution in [3.05, 3.63) is 83.0 Å². The fraction of sp³-hybridized carbons (Fsp3) is 0.452. The van der Waals surface area contributed by atoms with Crippen LogP contribution in [0.1, 0.15) is 58.6 Å². The standard InChI is InChI=1S/C42H46F5N5O10S/c1-56-30-9-7-27(34(20-30)58-3)23-51(24-28-8-10-31(57-2)21-35(28)59-4)63(54,55)36-19-29(11-14-48-36)52(37-25-60-17-18-61-37)40(53)33-22-32(26-5-6-26)39(62-42(45,46)47)49-38(33)50-15-12-41(43,44)13-16-50/h7-11,14,19-22,26,37H,5-6,12-13,15-18,23-25H2,1-4H3. The Kier molecular flexibility index (Phi) is 13.5. The molecule has 2 aromatic heterocycles. The van der Waals surface area contributed by atoms with E-state index in [9.17, 15) is 30.4 Å². The van der Waals surface area contributed by atoms with Crippen LogP contribution < -0.4 is 33.5 Å². The highest BCUT2D eigenvalue weighted by atomic mass is 32.2. The van der Waals surface area contributed by atoms with Crippen molar-refractivity contribution < 1.29 is 68.3 Å². The highest BCUT2D eigenvalue weighted by Crippen LogP contribution is 2.47. The summed E-state index contributed by atoms with van der Waals surface area (Å²) in [4.78, 5) is 26.0. The molecule has 0 bridgehead atoms. The molecule has 0 radical (unpaired) electrons. The highest BCUT2D eigenvalue weighted by molar-refractivity contribution is 7.89. The molecule has 1 saturated carbocycles. The van der Waals surface area contributed by atoms with E-state index in [1.807, 2.05) is 0 Å². The number of methoxy groups -OCH3 is 4. The smallest absolute Gasteiger partial charge is 0.497 e. The molecule has 340 valence electrons. The first-order valence-corrected chi connectivity index (χ1v) is 21.3. The van der Waals surface area contributed by atoms with E-state index in [2.05, 4.69) is 14.7 Å². The van der Waals surface area contributed by atoms with Crippen molar-refractivity contribution in [3.63, 3.8) is 0 Å². The van der Waals surface area contributed by atoms with Crippen LogP contribution in [0.15, 0.2) is 65.8 Å². The van der Waals surface area contributed by atoms with Crippen molar-refractivity contribution in [3.8, 4) is 28.9 Å². The van der Waals surface area contributed by atoms with E-state index < -0.39 is 64.1 Å². The van der Waals surface area contributed by atoms with Gasteiger partial charge < -0.3 is 38.1 Å². The number of anilines is 2. The molecule has 4 aromatic rings. The van der Waals surface area contributed by atoms with E-state index in [0.717, 1.165) is 9.21 Å². The molecular formula is C42H46F5N5O10S. The summed E-state index contributed by atoms with van der Waals surface area (Å²) in [7, 11) is 1.23. The lowest BCUT2D eigenvalue weighted by molar-refractivity contribution is -0.276. The number of hydrogen-bond acceptors (Lipinski definition) is 13. The molecule has 0 spiro atoms. The second-order valence-corrected chi connectivity index (χ2v) is 16.9. The van der Waals surface area contributed by atoms with Gasteiger partial charge in [0.25, 0.3) is 21.9 Å². The molecule has 2 aromatic carbocycles. The lowest BCUT2D eigenvalue weighted by Gasteiger charge is -2.37. The van der Waals surface area contributed by atoms with Crippen molar-refractivity contribution in [1.29, 1.82) is 0 Å². The fourth-order valence-electron chi connectivity index (χ4n) is 7.39. The van der Waals surface area contributed by atoms with Gasteiger partial charge in [0.2, 0.25) is 5.88 Å². The summed E-state index contributed by atoms with van der Waals surface area (Å²) < 4.78 is 139. The van der Waals surface area contributed by atoms with Gasteiger partial charge in [0, 0.05) is 80.1 Å². The van der Waals surface area contributed by atoms with E-state index in [0.29, 0.717) is 47.0 Å². The van der Waals surface area contributed by atoms with Gasteiger partial charge in [-0.15, -0.1) is 13.2 Å². The topological polar surface area (TPSA) is 151 Å². The van der Waals surface area contributed by atoms with Crippen LogP contribution in [0.2, 0.25) is 0 Å². The number of alkyl halides is 5. The van der Waals surface area contributed by atoms with Crippen LogP contribution in [-0.4, -0.2) is 108 Å². The molecule has 1 amide bonds. The van der Waals surface area contributed by atoms with Crippen LogP contribution in [-0.2, 0) is 32.6 Å². The zero-order chi connectivity index (χ0) is 45.1. The maximum atomic E-state index is 15.1. The van der Waals surface area contributed by atoms with Crippen molar-refractivity contribution in [1.82, 2.24) is 14.3 Å². The van der Waals surface area contributed by atoms with E-state index in [1.165, 1.54) is 57.7 Å². The van der Waals surface area contributed by atoms with E-state index in [1.54, 1.807) is 36.4 Å². The average Bonchev–Trinajstić information content (AvgIpc) is 4.12. The minimum absolute atomic E-state index is 0.0130. The number of rotatable bonds is 16. The number of aromatic nitrogens is 2. The number of carbonyl (C=O) groups is 1. The molecule has 2 saturated heterocycles. The number of nitrogens with zero attached hydrogens (tertiary/aromatic N) is 5. The maximum absolute atomic E-state index is 15.1. The summed E-state index contributed by atoms with van der Waals surface area (Å²) in [5.74, 6) is -3.80. The Balaban J connectivity index is 1.33. The Hall–Kier alpha value is -5.51. The predicted octanol–water partition coefficient (Wildman–Crippen LogP) is 6.93. The van der Waals surface area contributed by atoms with Crippen LogP contribution in [0.4, 0.5) is 33.5 Å². The molecule has 21 heteroatoms. The SMILES string of the molecule is COc1ccc(CN(Cc2ccc(OC)cc2OC)S(=O)(=O)c2cc(N(C(=O)c3cc(C4CC4)c(OC(F)(F)F)nc3N3CCC(F)(F)CC3)C3COCCO3)ccn2)c(OC)c1. The van der Waals surface area contributed by atoms with Crippen LogP contribution in [0, 0.1) is 0 Å². The molecule has 63 heavy (non-hydrogen) atoms. The largest absolute Gasteiger partial charge is 0.574 e. The summed E-state index contributed by atoms with van der Waals surface area (Å²) in [6.07, 6.45) is -5.42. The lowest BCUT2D eigenvalue weighted by Crippen LogP contribution is -2.48. The van der Waals surface area contributed by atoms with Gasteiger partial charge in [-0.05, 0) is 43.0 Å². The number of pyridine rings is 2. The van der Waals surface area contributed by atoms with Crippen molar-refractivity contribution >= 4 is 27.4 Å². The van der Waals surface area contributed by atoms with Crippen LogP contribution in [0.5, 0.6) is 28.9 Å². The number of ether oxygens (including phenoxy) is 7. The zero-order valence-corrected chi connectivity index (χ0v) is 35.6.